The molecule has 1 atom stereocenters. The van der Waals surface area contributed by atoms with Gasteiger partial charge in [0.05, 0.1) is 24.0 Å². The van der Waals surface area contributed by atoms with Crippen LogP contribution in [-0.4, -0.2) is 27.2 Å². The van der Waals surface area contributed by atoms with Crippen LogP contribution in [0, 0.1) is 12.7 Å². The summed E-state index contributed by atoms with van der Waals surface area (Å²) in [4.78, 5) is 16.4. The lowest BCUT2D eigenvalue weighted by Crippen LogP contribution is -2.33. The van der Waals surface area contributed by atoms with Crippen LogP contribution < -0.4 is 10.6 Å². The van der Waals surface area contributed by atoms with Crippen molar-refractivity contribution in [2.24, 2.45) is 7.05 Å². The van der Waals surface area contributed by atoms with E-state index >= 15 is 0 Å². The quantitative estimate of drug-likeness (QED) is 0.714. The molecule has 1 unspecified atom stereocenters. The van der Waals surface area contributed by atoms with Gasteiger partial charge in [0.2, 0.25) is 5.91 Å². The number of halogens is 1. The van der Waals surface area contributed by atoms with Crippen molar-refractivity contribution in [3.05, 3.63) is 77.6 Å². The summed E-state index contributed by atoms with van der Waals surface area (Å²) in [7, 11) is 1.84. The standard InChI is InChI=1S/C19H20FN5O/c1-13-5-6-16(15(20)10-13)24-18(26)12-22-19(14-4-3-8-21-11-14)17-7-9-23-25(17)2/h3-11,19,22H,12H2,1-2H3,(H,24,26). The van der Waals surface area contributed by atoms with Gasteiger partial charge < -0.3 is 5.32 Å². The van der Waals surface area contributed by atoms with Crippen LogP contribution in [0.1, 0.15) is 22.9 Å². The lowest BCUT2D eigenvalue weighted by Gasteiger charge is -2.19. The molecule has 2 heterocycles. The predicted octanol–water partition coefficient (Wildman–Crippen LogP) is 2.58. The minimum atomic E-state index is -0.450. The number of aromatic nitrogens is 3. The lowest BCUT2D eigenvalue weighted by molar-refractivity contribution is -0.115. The van der Waals surface area contributed by atoms with Gasteiger partial charge in [-0.2, -0.15) is 5.10 Å². The molecule has 0 spiro atoms. The first-order valence-electron chi connectivity index (χ1n) is 8.22. The highest BCUT2D eigenvalue weighted by Crippen LogP contribution is 2.20. The molecule has 1 amide bonds. The highest BCUT2D eigenvalue weighted by atomic mass is 19.1. The van der Waals surface area contributed by atoms with Crippen molar-refractivity contribution in [3.63, 3.8) is 0 Å². The summed E-state index contributed by atoms with van der Waals surface area (Å²) in [6.45, 7) is 1.81. The van der Waals surface area contributed by atoms with E-state index in [0.717, 1.165) is 16.8 Å². The van der Waals surface area contributed by atoms with Crippen molar-refractivity contribution in [1.29, 1.82) is 0 Å². The van der Waals surface area contributed by atoms with Crippen LogP contribution >= 0.6 is 0 Å². The molecule has 7 heteroatoms. The normalized spacial score (nSPS) is 12.0. The van der Waals surface area contributed by atoms with Crippen molar-refractivity contribution < 1.29 is 9.18 Å². The van der Waals surface area contributed by atoms with Gasteiger partial charge in [0.1, 0.15) is 5.82 Å². The SMILES string of the molecule is Cc1ccc(NC(=O)CNC(c2cccnc2)c2ccnn2C)c(F)c1. The van der Waals surface area contributed by atoms with Gasteiger partial charge in [-0.05, 0) is 42.3 Å². The van der Waals surface area contributed by atoms with E-state index in [1.165, 1.54) is 6.07 Å². The van der Waals surface area contributed by atoms with Crippen LogP contribution in [0.15, 0.2) is 55.0 Å². The summed E-state index contributed by atoms with van der Waals surface area (Å²) in [6, 6.07) is 10.1. The first kappa shape index (κ1) is 17.8. The average Bonchev–Trinajstić information content (AvgIpc) is 3.04. The maximum Gasteiger partial charge on any atom is 0.238 e. The number of rotatable bonds is 6. The Hall–Kier alpha value is -3.06. The molecule has 0 fully saturated rings. The summed E-state index contributed by atoms with van der Waals surface area (Å²) >= 11 is 0. The van der Waals surface area contributed by atoms with Gasteiger partial charge in [-0.1, -0.05) is 12.1 Å². The number of benzene rings is 1. The Bertz CT molecular complexity index is 894. The Morgan fingerprint density at radius 2 is 2.12 bits per heavy atom. The van der Waals surface area contributed by atoms with E-state index in [2.05, 4.69) is 20.7 Å². The highest BCUT2D eigenvalue weighted by molar-refractivity contribution is 5.92. The summed E-state index contributed by atoms with van der Waals surface area (Å²) < 4.78 is 15.6. The fourth-order valence-electron chi connectivity index (χ4n) is 2.72. The third-order valence-electron chi connectivity index (χ3n) is 4.04. The number of hydrogen-bond donors (Lipinski definition) is 2. The lowest BCUT2D eigenvalue weighted by atomic mass is 10.1. The number of hydrogen-bond acceptors (Lipinski definition) is 4. The second-order valence-corrected chi connectivity index (χ2v) is 6.01. The minimum absolute atomic E-state index is 0.0120. The molecule has 134 valence electrons. The number of aryl methyl sites for hydroxylation is 2. The van der Waals surface area contributed by atoms with Crippen LogP contribution in [0.2, 0.25) is 0 Å². The third-order valence-corrected chi connectivity index (χ3v) is 4.04. The van der Waals surface area contributed by atoms with Gasteiger partial charge in [-0.25, -0.2) is 4.39 Å². The smallest absolute Gasteiger partial charge is 0.238 e. The molecule has 2 aromatic heterocycles. The van der Waals surface area contributed by atoms with Crippen LogP contribution in [0.4, 0.5) is 10.1 Å². The number of amides is 1. The topological polar surface area (TPSA) is 71.8 Å². The van der Waals surface area contributed by atoms with Crippen LogP contribution in [0.3, 0.4) is 0 Å². The number of nitrogens with one attached hydrogen (secondary N) is 2. The molecule has 6 nitrogen and oxygen atoms in total. The Morgan fingerprint density at radius 3 is 2.77 bits per heavy atom. The van der Waals surface area contributed by atoms with E-state index in [1.54, 1.807) is 42.3 Å². The molecule has 0 aliphatic carbocycles. The molecule has 0 aliphatic rings. The van der Waals surface area contributed by atoms with Crippen LogP contribution in [0.25, 0.3) is 0 Å². The van der Waals surface area contributed by atoms with E-state index in [1.807, 2.05) is 25.2 Å². The second kappa shape index (κ2) is 7.88. The predicted molar refractivity (Wildman–Crippen MR) is 97.1 cm³/mol. The van der Waals surface area contributed by atoms with Gasteiger partial charge in [-0.15, -0.1) is 0 Å². The van der Waals surface area contributed by atoms with Crippen molar-refractivity contribution in [2.75, 3.05) is 11.9 Å². The largest absolute Gasteiger partial charge is 0.322 e. The van der Waals surface area contributed by atoms with Crippen molar-refractivity contribution in [3.8, 4) is 0 Å². The number of nitrogens with zero attached hydrogens (tertiary/aromatic N) is 3. The fourth-order valence-corrected chi connectivity index (χ4v) is 2.72. The Morgan fingerprint density at radius 1 is 1.27 bits per heavy atom. The molecule has 2 N–H and O–H groups in total. The number of carbonyl (C=O) groups excluding carboxylic acids is 1. The summed E-state index contributed by atoms with van der Waals surface area (Å²) in [5, 5.41) is 9.97. The van der Waals surface area contributed by atoms with Crippen molar-refractivity contribution >= 4 is 11.6 Å². The number of pyridine rings is 1. The Kier molecular flexibility index (Phi) is 5.38. The summed E-state index contributed by atoms with van der Waals surface area (Å²) in [5.41, 5.74) is 2.77. The van der Waals surface area contributed by atoms with E-state index in [-0.39, 0.29) is 24.2 Å². The molecule has 1 aromatic carbocycles. The molecule has 0 aliphatic heterocycles. The number of carbonyl (C=O) groups is 1. The maximum atomic E-state index is 13.9. The molecule has 0 saturated heterocycles. The zero-order valence-corrected chi connectivity index (χ0v) is 14.6. The Labute approximate surface area is 151 Å². The van der Waals surface area contributed by atoms with E-state index in [0.29, 0.717) is 0 Å². The zero-order valence-electron chi connectivity index (χ0n) is 14.6. The van der Waals surface area contributed by atoms with Gasteiger partial charge in [0.15, 0.2) is 0 Å². The minimum Gasteiger partial charge on any atom is -0.322 e. The van der Waals surface area contributed by atoms with Crippen molar-refractivity contribution in [2.45, 2.75) is 13.0 Å². The van der Waals surface area contributed by atoms with E-state index in [9.17, 15) is 9.18 Å². The van der Waals surface area contributed by atoms with Gasteiger partial charge in [0.25, 0.3) is 0 Å². The maximum absolute atomic E-state index is 13.9. The molecule has 0 radical (unpaired) electrons. The molecule has 26 heavy (non-hydrogen) atoms. The molecule has 3 aromatic rings. The fraction of sp³-hybridized carbons (Fsp3) is 0.211. The van der Waals surface area contributed by atoms with Crippen molar-refractivity contribution in [1.82, 2.24) is 20.1 Å². The molecule has 3 rings (SSSR count). The monoisotopic (exact) mass is 353 g/mol. The third kappa shape index (κ3) is 4.12. The zero-order chi connectivity index (χ0) is 18.5. The van der Waals surface area contributed by atoms with E-state index < -0.39 is 5.82 Å². The first-order chi connectivity index (χ1) is 12.5. The summed E-state index contributed by atoms with van der Waals surface area (Å²) in [5.74, 6) is -0.780. The first-order valence-corrected chi connectivity index (χ1v) is 8.22. The van der Waals surface area contributed by atoms with Gasteiger partial charge in [-0.3, -0.25) is 19.8 Å². The van der Waals surface area contributed by atoms with Gasteiger partial charge in [0, 0.05) is 25.6 Å². The molecule has 0 saturated carbocycles. The molecular weight excluding hydrogens is 333 g/mol. The summed E-state index contributed by atoms with van der Waals surface area (Å²) in [6.07, 6.45) is 5.13. The Balaban J connectivity index is 1.72. The second-order valence-electron chi connectivity index (χ2n) is 6.01. The number of anilines is 1. The van der Waals surface area contributed by atoms with Crippen LogP contribution in [0.5, 0.6) is 0 Å². The highest BCUT2D eigenvalue weighted by Gasteiger charge is 2.18. The van der Waals surface area contributed by atoms with Gasteiger partial charge >= 0.3 is 0 Å². The average molecular weight is 353 g/mol. The molecular formula is C19H20FN5O. The molecule has 0 bridgehead atoms. The van der Waals surface area contributed by atoms with Crippen LogP contribution in [-0.2, 0) is 11.8 Å². The van der Waals surface area contributed by atoms with E-state index in [4.69, 9.17) is 0 Å².